The molecule has 1 aliphatic carbocycles. The molecule has 1 atom stereocenters. The average Bonchev–Trinajstić information content (AvgIpc) is 3.24. The van der Waals surface area contributed by atoms with Crippen LogP contribution in [0.4, 0.5) is 0 Å². The SMILES string of the molecule is CC1CC2(CCN(Cc3ccc(COc4ccc(B5O/C(O)=C\N(C)/C=C(/O)O5)cc4)cc3)CC2)c2ccccc21. The first-order valence-electron chi connectivity index (χ1n) is 14.4. The number of hydrogen-bond donors (Lipinski definition) is 2. The van der Waals surface area contributed by atoms with Gasteiger partial charge in [-0.1, -0.05) is 67.6 Å². The van der Waals surface area contributed by atoms with E-state index in [1.54, 1.807) is 30.3 Å². The Bertz CT molecular complexity index is 1390. The Morgan fingerprint density at radius 1 is 0.878 bits per heavy atom. The summed E-state index contributed by atoms with van der Waals surface area (Å²) in [5.74, 6) is 0.737. The van der Waals surface area contributed by atoms with Gasteiger partial charge in [-0.3, -0.25) is 4.90 Å². The van der Waals surface area contributed by atoms with Crippen molar-refractivity contribution in [3.63, 3.8) is 0 Å². The Morgan fingerprint density at radius 3 is 2.20 bits per heavy atom. The third kappa shape index (κ3) is 6.03. The molecule has 3 aromatic carbocycles. The van der Waals surface area contributed by atoms with Gasteiger partial charge in [0, 0.05) is 19.1 Å². The molecule has 7 nitrogen and oxygen atoms in total. The number of hydrogen-bond acceptors (Lipinski definition) is 7. The summed E-state index contributed by atoms with van der Waals surface area (Å²) in [7, 11) is 0.652. The van der Waals surface area contributed by atoms with Crippen LogP contribution in [-0.4, -0.2) is 47.3 Å². The lowest BCUT2D eigenvalue weighted by molar-refractivity contribution is 0.124. The highest BCUT2D eigenvalue weighted by Gasteiger charge is 2.43. The lowest BCUT2D eigenvalue weighted by Gasteiger charge is -2.40. The quantitative estimate of drug-likeness (QED) is 0.381. The Labute approximate surface area is 242 Å². The van der Waals surface area contributed by atoms with Crippen molar-refractivity contribution in [3.8, 4) is 5.75 Å². The van der Waals surface area contributed by atoms with Crippen LogP contribution in [0, 0.1) is 0 Å². The van der Waals surface area contributed by atoms with Crippen LogP contribution in [0.5, 0.6) is 5.75 Å². The van der Waals surface area contributed by atoms with Gasteiger partial charge in [-0.15, -0.1) is 0 Å². The van der Waals surface area contributed by atoms with Gasteiger partial charge in [-0.05, 0) is 78.1 Å². The van der Waals surface area contributed by atoms with Gasteiger partial charge in [-0.2, -0.15) is 0 Å². The van der Waals surface area contributed by atoms with Crippen molar-refractivity contribution < 1.29 is 24.3 Å². The zero-order valence-corrected chi connectivity index (χ0v) is 23.7. The molecule has 0 radical (unpaired) electrons. The van der Waals surface area contributed by atoms with Crippen molar-refractivity contribution in [3.05, 3.63) is 119 Å². The van der Waals surface area contributed by atoms with Gasteiger partial charge in [0.15, 0.2) is 0 Å². The number of nitrogens with zero attached hydrogens (tertiary/aromatic N) is 2. The lowest BCUT2D eigenvalue weighted by Crippen LogP contribution is -2.41. The maximum atomic E-state index is 9.94. The molecule has 3 aliphatic rings. The molecule has 1 spiro atoms. The minimum Gasteiger partial charge on any atom is -0.494 e. The molecule has 1 saturated heterocycles. The fourth-order valence-corrected chi connectivity index (χ4v) is 6.54. The number of ether oxygens (including phenoxy) is 1. The van der Waals surface area contributed by atoms with Crippen LogP contribution in [-0.2, 0) is 27.9 Å². The van der Waals surface area contributed by atoms with Gasteiger partial charge in [0.05, 0.1) is 12.4 Å². The number of piperidine rings is 1. The molecule has 6 rings (SSSR count). The van der Waals surface area contributed by atoms with Crippen LogP contribution in [0.15, 0.2) is 97.1 Å². The topological polar surface area (TPSA) is 74.6 Å². The molecular formula is C33H37BN2O5. The second kappa shape index (κ2) is 11.5. The summed E-state index contributed by atoms with van der Waals surface area (Å²) in [6.07, 6.45) is 6.45. The average molecular weight is 552 g/mol. The minimum absolute atomic E-state index is 0.316. The van der Waals surface area contributed by atoms with Crippen molar-refractivity contribution in [1.82, 2.24) is 9.80 Å². The van der Waals surface area contributed by atoms with Crippen molar-refractivity contribution in [2.45, 2.75) is 50.7 Å². The van der Waals surface area contributed by atoms with Crippen LogP contribution in [0.1, 0.15) is 54.4 Å². The Balaban J connectivity index is 0.994. The molecule has 0 bridgehead atoms. The first-order chi connectivity index (χ1) is 19.9. The smallest absolute Gasteiger partial charge is 0.494 e. The van der Waals surface area contributed by atoms with Gasteiger partial charge < -0.3 is 29.2 Å². The highest BCUT2D eigenvalue weighted by atomic mass is 16.7. The van der Waals surface area contributed by atoms with Gasteiger partial charge >= 0.3 is 7.12 Å². The van der Waals surface area contributed by atoms with E-state index in [9.17, 15) is 10.2 Å². The van der Waals surface area contributed by atoms with E-state index in [0.717, 1.165) is 25.2 Å². The third-order valence-corrected chi connectivity index (χ3v) is 8.64. The summed E-state index contributed by atoms with van der Waals surface area (Å²) < 4.78 is 16.8. The van der Waals surface area contributed by atoms with Crippen LogP contribution < -0.4 is 10.2 Å². The van der Waals surface area contributed by atoms with Crippen LogP contribution in [0.3, 0.4) is 0 Å². The summed E-state index contributed by atoms with van der Waals surface area (Å²) in [4.78, 5) is 4.03. The maximum Gasteiger partial charge on any atom is 0.636 e. The normalized spacial score (nSPS) is 22.8. The summed E-state index contributed by atoms with van der Waals surface area (Å²) in [5.41, 5.74) is 6.60. The first kappa shape index (κ1) is 27.2. The number of fused-ring (bicyclic) bond motifs is 2. The van der Waals surface area contributed by atoms with Gasteiger partial charge in [-0.25, -0.2) is 0 Å². The maximum absolute atomic E-state index is 9.94. The predicted molar refractivity (Wildman–Crippen MR) is 160 cm³/mol. The van der Waals surface area contributed by atoms with Gasteiger partial charge in [0.2, 0.25) is 0 Å². The van der Waals surface area contributed by atoms with Crippen molar-refractivity contribution in [2.24, 2.45) is 0 Å². The number of rotatable bonds is 6. The summed E-state index contributed by atoms with van der Waals surface area (Å²) >= 11 is 0. The fraction of sp³-hybridized carbons (Fsp3) is 0.333. The van der Waals surface area contributed by atoms with Gasteiger partial charge in [0.1, 0.15) is 12.4 Å². The molecule has 41 heavy (non-hydrogen) atoms. The van der Waals surface area contributed by atoms with E-state index in [1.165, 1.54) is 42.1 Å². The number of likely N-dealkylation sites (tertiary alicyclic amines) is 1. The molecule has 2 heterocycles. The van der Waals surface area contributed by atoms with Crippen LogP contribution in [0.25, 0.3) is 0 Å². The predicted octanol–water partition coefficient (Wildman–Crippen LogP) is 5.69. The zero-order chi connectivity index (χ0) is 28.4. The molecule has 2 aliphatic heterocycles. The zero-order valence-electron chi connectivity index (χ0n) is 23.7. The Morgan fingerprint density at radius 2 is 1.51 bits per heavy atom. The first-order valence-corrected chi connectivity index (χ1v) is 14.4. The van der Waals surface area contributed by atoms with E-state index in [1.807, 2.05) is 12.1 Å². The molecule has 1 fully saturated rings. The fourth-order valence-electron chi connectivity index (χ4n) is 6.54. The van der Waals surface area contributed by atoms with Crippen molar-refractivity contribution in [1.29, 1.82) is 0 Å². The second-order valence-corrected chi connectivity index (χ2v) is 11.6. The molecule has 0 amide bonds. The van der Waals surface area contributed by atoms with Crippen LogP contribution in [0.2, 0.25) is 0 Å². The standard InChI is InChI=1S/C33H37BN2O5/c1-24-19-33(30-6-4-3-5-29(24)30)15-17-36(18-16-33)20-25-7-9-26(10-8-25)23-39-28-13-11-27(12-14-28)34-40-31(37)21-35(2)22-32(38)41-34/h3-14,21-22,24,37-38H,15-20,23H2,1-2H3/b31-21-,32-22-. The molecule has 2 N–H and O–H groups in total. The second-order valence-electron chi connectivity index (χ2n) is 11.6. The lowest BCUT2D eigenvalue weighted by atomic mass is 9.73. The van der Waals surface area contributed by atoms with E-state index in [2.05, 4.69) is 60.4 Å². The molecule has 8 heteroatoms. The number of aliphatic hydroxyl groups excluding tert-OH is 2. The molecule has 1 unspecified atom stereocenters. The van der Waals surface area contributed by atoms with E-state index in [4.69, 9.17) is 14.0 Å². The monoisotopic (exact) mass is 552 g/mol. The molecule has 0 aromatic heterocycles. The third-order valence-electron chi connectivity index (χ3n) is 8.64. The van der Waals surface area contributed by atoms with Crippen molar-refractivity contribution >= 4 is 12.6 Å². The molecule has 3 aromatic rings. The summed E-state index contributed by atoms with van der Waals surface area (Å²) in [6.45, 7) is 6.10. The summed E-state index contributed by atoms with van der Waals surface area (Å²) in [6, 6.07) is 25.0. The highest BCUT2D eigenvalue weighted by Crippen LogP contribution is 2.51. The van der Waals surface area contributed by atoms with E-state index in [-0.39, 0.29) is 11.9 Å². The number of benzene rings is 3. The Hall–Kier alpha value is -4.04. The van der Waals surface area contributed by atoms with Gasteiger partial charge in [0.25, 0.3) is 11.9 Å². The highest BCUT2D eigenvalue weighted by molar-refractivity contribution is 6.61. The van der Waals surface area contributed by atoms with E-state index >= 15 is 0 Å². The summed E-state index contributed by atoms with van der Waals surface area (Å²) in [5, 5.41) is 19.9. The molecule has 212 valence electrons. The molecule has 0 saturated carbocycles. The molecular weight excluding hydrogens is 515 g/mol. The largest absolute Gasteiger partial charge is 0.636 e. The minimum atomic E-state index is -0.985. The van der Waals surface area contributed by atoms with E-state index < -0.39 is 7.12 Å². The van der Waals surface area contributed by atoms with Crippen molar-refractivity contribution in [2.75, 3.05) is 20.1 Å². The number of aliphatic hydroxyl groups is 2. The Kier molecular flexibility index (Phi) is 7.58. The van der Waals surface area contributed by atoms with Crippen LogP contribution >= 0.6 is 0 Å². The van der Waals surface area contributed by atoms with E-state index in [0.29, 0.717) is 29.2 Å².